The van der Waals surface area contributed by atoms with Gasteiger partial charge in [0.2, 0.25) is 0 Å². The van der Waals surface area contributed by atoms with Crippen LogP contribution in [0.1, 0.15) is 36.5 Å². The third-order valence-corrected chi connectivity index (χ3v) is 3.74. The number of nitrogens with zero attached hydrogens (tertiary/aromatic N) is 1. The fourth-order valence-corrected chi connectivity index (χ4v) is 2.66. The monoisotopic (exact) mass is 263 g/mol. The summed E-state index contributed by atoms with van der Waals surface area (Å²) in [5.41, 5.74) is 0.665. The largest absolute Gasteiger partial charge is 0.493 e. The number of amides is 1. The minimum Gasteiger partial charge on any atom is -0.493 e. The van der Waals surface area contributed by atoms with Gasteiger partial charge in [-0.15, -0.1) is 0 Å². The van der Waals surface area contributed by atoms with Gasteiger partial charge in [0.1, 0.15) is 0 Å². The van der Waals surface area contributed by atoms with Crippen molar-refractivity contribution in [2.24, 2.45) is 0 Å². The molecule has 104 valence electrons. The van der Waals surface area contributed by atoms with E-state index in [1.54, 1.807) is 32.4 Å². The van der Waals surface area contributed by atoms with Crippen LogP contribution in [-0.2, 0) is 0 Å². The minimum atomic E-state index is 0.0882. The molecule has 0 aromatic heterocycles. The fourth-order valence-electron chi connectivity index (χ4n) is 2.66. The molecule has 1 aromatic carbocycles. The van der Waals surface area contributed by atoms with Gasteiger partial charge in [0.05, 0.1) is 14.2 Å². The summed E-state index contributed by atoms with van der Waals surface area (Å²) >= 11 is 0. The third-order valence-electron chi connectivity index (χ3n) is 3.74. The maximum Gasteiger partial charge on any atom is 0.254 e. The van der Waals surface area contributed by atoms with Crippen LogP contribution in [-0.4, -0.2) is 37.6 Å². The molecule has 0 bridgehead atoms. The van der Waals surface area contributed by atoms with Crippen molar-refractivity contribution >= 4 is 5.91 Å². The van der Waals surface area contributed by atoms with Crippen molar-refractivity contribution in [3.8, 4) is 11.5 Å². The van der Waals surface area contributed by atoms with Gasteiger partial charge in [-0.25, -0.2) is 0 Å². The zero-order valence-electron chi connectivity index (χ0n) is 11.8. The number of likely N-dealkylation sites (tertiary alicyclic amines) is 1. The normalized spacial score (nSPS) is 18.5. The molecule has 0 aliphatic carbocycles. The maximum atomic E-state index is 12.5. The van der Waals surface area contributed by atoms with Crippen LogP contribution >= 0.6 is 0 Å². The van der Waals surface area contributed by atoms with Gasteiger partial charge in [-0.1, -0.05) is 6.92 Å². The summed E-state index contributed by atoms with van der Waals surface area (Å²) in [7, 11) is 3.17. The number of ether oxygens (including phenoxy) is 2. The first-order chi connectivity index (χ1) is 9.21. The van der Waals surface area contributed by atoms with Crippen LogP contribution in [0.25, 0.3) is 0 Å². The first-order valence-corrected chi connectivity index (χ1v) is 6.74. The second-order valence-corrected chi connectivity index (χ2v) is 4.77. The number of rotatable bonds is 4. The van der Waals surface area contributed by atoms with Gasteiger partial charge in [0.25, 0.3) is 5.91 Å². The Kier molecular flexibility index (Phi) is 4.30. The van der Waals surface area contributed by atoms with Crippen LogP contribution in [0.3, 0.4) is 0 Å². The lowest BCUT2D eigenvalue weighted by Gasteiger charge is -2.24. The number of benzene rings is 1. The molecule has 0 radical (unpaired) electrons. The van der Waals surface area contributed by atoms with Crippen molar-refractivity contribution in [2.45, 2.75) is 32.2 Å². The first kappa shape index (κ1) is 13.7. The molecule has 0 spiro atoms. The van der Waals surface area contributed by atoms with Crippen molar-refractivity contribution in [3.63, 3.8) is 0 Å². The Morgan fingerprint density at radius 2 is 2.05 bits per heavy atom. The highest BCUT2D eigenvalue weighted by atomic mass is 16.5. The van der Waals surface area contributed by atoms with E-state index >= 15 is 0 Å². The molecule has 2 rings (SSSR count). The smallest absolute Gasteiger partial charge is 0.254 e. The Bertz CT molecular complexity index is 459. The predicted molar refractivity (Wildman–Crippen MR) is 73.9 cm³/mol. The van der Waals surface area contributed by atoms with Crippen molar-refractivity contribution in [1.82, 2.24) is 4.90 Å². The van der Waals surface area contributed by atoms with E-state index in [1.807, 2.05) is 4.90 Å². The Balaban J connectivity index is 2.24. The van der Waals surface area contributed by atoms with Crippen LogP contribution < -0.4 is 9.47 Å². The second-order valence-electron chi connectivity index (χ2n) is 4.77. The summed E-state index contributed by atoms with van der Waals surface area (Å²) in [4.78, 5) is 14.5. The van der Waals surface area contributed by atoms with Crippen LogP contribution in [0.2, 0.25) is 0 Å². The standard InChI is InChI=1S/C15H21NO3/c1-4-12-6-5-9-16(12)15(17)11-7-8-13(18-2)14(10-11)19-3/h7-8,10,12H,4-6,9H2,1-3H3. The van der Waals surface area contributed by atoms with E-state index in [9.17, 15) is 4.79 Å². The molecule has 1 fully saturated rings. The number of hydrogen-bond acceptors (Lipinski definition) is 3. The van der Waals surface area contributed by atoms with Crippen molar-refractivity contribution < 1.29 is 14.3 Å². The summed E-state index contributed by atoms with van der Waals surface area (Å²) < 4.78 is 10.4. The molecule has 1 unspecified atom stereocenters. The highest BCUT2D eigenvalue weighted by molar-refractivity contribution is 5.95. The van der Waals surface area contributed by atoms with Crippen molar-refractivity contribution in [1.29, 1.82) is 0 Å². The van der Waals surface area contributed by atoms with Gasteiger partial charge in [-0.05, 0) is 37.5 Å². The van der Waals surface area contributed by atoms with Crippen molar-refractivity contribution in [3.05, 3.63) is 23.8 Å². The number of carbonyl (C=O) groups is 1. The van der Waals surface area contributed by atoms with E-state index in [0.29, 0.717) is 23.1 Å². The summed E-state index contributed by atoms with van der Waals surface area (Å²) in [6.07, 6.45) is 3.21. The van der Waals surface area contributed by atoms with E-state index in [1.165, 1.54) is 0 Å². The molecule has 1 atom stereocenters. The summed E-state index contributed by atoms with van der Waals surface area (Å²) in [6, 6.07) is 5.71. The van der Waals surface area contributed by atoms with Crippen LogP contribution in [0.4, 0.5) is 0 Å². The fraction of sp³-hybridized carbons (Fsp3) is 0.533. The van der Waals surface area contributed by atoms with E-state index in [-0.39, 0.29) is 5.91 Å². The average Bonchev–Trinajstić information content (AvgIpc) is 2.94. The van der Waals surface area contributed by atoms with Gasteiger partial charge < -0.3 is 14.4 Å². The minimum absolute atomic E-state index is 0.0882. The number of methoxy groups -OCH3 is 2. The Hall–Kier alpha value is -1.71. The molecule has 0 saturated carbocycles. The Morgan fingerprint density at radius 1 is 1.32 bits per heavy atom. The first-order valence-electron chi connectivity index (χ1n) is 6.74. The molecule has 1 amide bonds. The SMILES string of the molecule is CCC1CCCN1C(=O)c1ccc(OC)c(OC)c1. The third kappa shape index (κ3) is 2.67. The highest BCUT2D eigenvalue weighted by Crippen LogP contribution is 2.29. The van der Waals surface area contributed by atoms with Crippen LogP contribution in [0.15, 0.2) is 18.2 Å². The zero-order chi connectivity index (χ0) is 13.8. The molecule has 19 heavy (non-hydrogen) atoms. The zero-order valence-corrected chi connectivity index (χ0v) is 11.8. The predicted octanol–water partition coefficient (Wildman–Crippen LogP) is 2.72. The summed E-state index contributed by atoms with van der Waals surface area (Å²) in [5.74, 6) is 1.33. The van der Waals surface area contributed by atoms with E-state index in [2.05, 4.69) is 6.92 Å². The van der Waals surface area contributed by atoms with Gasteiger partial charge >= 0.3 is 0 Å². The molecule has 4 heteroatoms. The Labute approximate surface area is 114 Å². The van der Waals surface area contributed by atoms with E-state index in [4.69, 9.17) is 9.47 Å². The molecule has 1 aromatic rings. The molecule has 1 saturated heterocycles. The molecule has 1 aliphatic rings. The second kappa shape index (κ2) is 5.95. The molecular formula is C15H21NO3. The van der Waals surface area contributed by atoms with Gasteiger partial charge in [-0.2, -0.15) is 0 Å². The van der Waals surface area contributed by atoms with E-state index in [0.717, 1.165) is 25.8 Å². The van der Waals surface area contributed by atoms with Gasteiger partial charge in [0.15, 0.2) is 11.5 Å². The Morgan fingerprint density at radius 3 is 2.68 bits per heavy atom. The molecule has 4 nitrogen and oxygen atoms in total. The maximum absolute atomic E-state index is 12.5. The van der Waals surface area contributed by atoms with Crippen LogP contribution in [0.5, 0.6) is 11.5 Å². The average molecular weight is 263 g/mol. The lowest BCUT2D eigenvalue weighted by molar-refractivity contribution is 0.0733. The number of carbonyl (C=O) groups excluding carboxylic acids is 1. The van der Waals surface area contributed by atoms with Crippen molar-refractivity contribution in [2.75, 3.05) is 20.8 Å². The lowest BCUT2D eigenvalue weighted by atomic mass is 10.1. The summed E-state index contributed by atoms with van der Waals surface area (Å²) in [6.45, 7) is 2.98. The highest BCUT2D eigenvalue weighted by Gasteiger charge is 2.28. The molecule has 1 aliphatic heterocycles. The number of hydrogen-bond donors (Lipinski definition) is 0. The van der Waals surface area contributed by atoms with Gasteiger partial charge in [-0.3, -0.25) is 4.79 Å². The summed E-state index contributed by atoms with van der Waals surface area (Å²) in [5, 5.41) is 0. The quantitative estimate of drug-likeness (QED) is 0.838. The molecule has 0 N–H and O–H groups in total. The topological polar surface area (TPSA) is 38.8 Å². The lowest BCUT2D eigenvalue weighted by Crippen LogP contribution is -2.35. The van der Waals surface area contributed by atoms with Crippen LogP contribution in [0, 0.1) is 0 Å². The molecule has 1 heterocycles. The molecular weight excluding hydrogens is 242 g/mol. The van der Waals surface area contributed by atoms with E-state index < -0.39 is 0 Å². The van der Waals surface area contributed by atoms with Gasteiger partial charge in [0, 0.05) is 18.2 Å².